The fourth-order valence-corrected chi connectivity index (χ4v) is 2.68. The van der Waals surface area contributed by atoms with Crippen molar-refractivity contribution in [3.05, 3.63) is 83.9 Å². The molecule has 2 N–H and O–H groups in total. The molecule has 2 aromatic carbocycles. The normalized spacial score (nSPS) is 11.4. The first kappa shape index (κ1) is 15.1. The Kier molecular flexibility index (Phi) is 4.00. The predicted molar refractivity (Wildman–Crippen MR) is 97.2 cm³/mol. The molecule has 0 radical (unpaired) electrons. The van der Waals surface area contributed by atoms with E-state index in [0.29, 0.717) is 12.5 Å². The van der Waals surface area contributed by atoms with E-state index in [1.807, 2.05) is 47.2 Å². The zero-order valence-electron chi connectivity index (χ0n) is 13.4. The second-order valence-electron chi connectivity index (χ2n) is 5.63. The molecule has 0 fully saturated rings. The number of hydrazone groups is 1. The van der Waals surface area contributed by atoms with Crippen LogP contribution in [0.3, 0.4) is 0 Å². The van der Waals surface area contributed by atoms with Gasteiger partial charge in [0.1, 0.15) is 5.82 Å². The van der Waals surface area contributed by atoms with Crippen LogP contribution in [0.2, 0.25) is 0 Å². The molecule has 25 heavy (non-hydrogen) atoms. The summed E-state index contributed by atoms with van der Waals surface area (Å²) in [4.78, 5) is 7.66. The van der Waals surface area contributed by atoms with Crippen LogP contribution in [0.1, 0.15) is 11.3 Å². The molecule has 0 aliphatic heterocycles. The Morgan fingerprint density at radius 1 is 1.08 bits per heavy atom. The third kappa shape index (κ3) is 3.28. The van der Waals surface area contributed by atoms with Gasteiger partial charge in [0.2, 0.25) is 5.95 Å². The van der Waals surface area contributed by atoms with Crippen LogP contribution in [-0.2, 0) is 6.54 Å². The number of aromatic amines is 1. The number of rotatable bonds is 5. The van der Waals surface area contributed by atoms with Crippen molar-refractivity contribution in [3.8, 4) is 0 Å². The van der Waals surface area contributed by atoms with Crippen LogP contribution >= 0.6 is 0 Å². The van der Waals surface area contributed by atoms with Gasteiger partial charge in [-0.1, -0.05) is 24.3 Å². The van der Waals surface area contributed by atoms with Crippen molar-refractivity contribution in [3.63, 3.8) is 0 Å². The van der Waals surface area contributed by atoms with E-state index in [9.17, 15) is 4.39 Å². The van der Waals surface area contributed by atoms with Crippen LogP contribution in [0.5, 0.6) is 0 Å². The number of anilines is 1. The van der Waals surface area contributed by atoms with Crippen LogP contribution in [-0.4, -0.2) is 20.7 Å². The van der Waals surface area contributed by atoms with Gasteiger partial charge in [-0.15, -0.1) is 0 Å². The lowest BCUT2D eigenvalue weighted by molar-refractivity contribution is 0.626. The van der Waals surface area contributed by atoms with E-state index in [2.05, 4.69) is 20.5 Å². The zero-order valence-corrected chi connectivity index (χ0v) is 13.4. The molecule has 0 unspecified atom stereocenters. The number of H-pyrrole nitrogens is 1. The van der Waals surface area contributed by atoms with E-state index < -0.39 is 0 Å². The SMILES string of the molecule is Fc1ccc(Cn2c(N/N=C/c3ccc[nH]3)nc3ccccc32)cc1. The topological polar surface area (TPSA) is 58.0 Å². The average Bonchev–Trinajstić information content (AvgIpc) is 3.26. The second kappa shape index (κ2) is 6.60. The van der Waals surface area contributed by atoms with Gasteiger partial charge in [-0.2, -0.15) is 5.10 Å². The van der Waals surface area contributed by atoms with Crippen LogP contribution in [0.25, 0.3) is 11.0 Å². The van der Waals surface area contributed by atoms with Gasteiger partial charge in [0, 0.05) is 6.20 Å². The number of imidazole rings is 1. The van der Waals surface area contributed by atoms with Crippen molar-refractivity contribution in [1.29, 1.82) is 0 Å². The summed E-state index contributed by atoms with van der Waals surface area (Å²) in [7, 11) is 0. The molecule has 2 heterocycles. The van der Waals surface area contributed by atoms with Gasteiger partial charge in [0.05, 0.1) is 29.5 Å². The molecule has 4 rings (SSSR count). The number of hydrogen-bond acceptors (Lipinski definition) is 3. The molecule has 0 aliphatic rings. The summed E-state index contributed by atoms with van der Waals surface area (Å²) in [6.45, 7) is 0.571. The molecular weight excluding hydrogens is 317 g/mol. The Hall–Kier alpha value is -3.41. The highest BCUT2D eigenvalue weighted by Crippen LogP contribution is 2.21. The highest BCUT2D eigenvalue weighted by molar-refractivity contribution is 5.80. The summed E-state index contributed by atoms with van der Waals surface area (Å²) < 4.78 is 15.2. The smallest absolute Gasteiger partial charge is 0.225 e. The predicted octanol–water partition coefficient (Wildman–Crippen LogP) is 4.00. The molecule has 124 valence electrons. The fraction of sp³-hybridized carbons (Fsp3) is 0.0526. The summed E-state index contributed by atoms with van der Waals surface area (Å²) in [5.41, 5.74) is 6.75. The van der Waals surface area contributed by atoms with Gasteiger partial charge >= 0.3 is 0 Å². The third-order valence-corrected chi connectivity index (χ3v) is 3.90. The Bertz CT molecular complexity index is 1000. The standard InChI is InChI=1S/C19H16FN5/c20-15-9-7-14(8-10-15)13-25-18-6-2-1-5-17(18)23-19(25)24-22-12-16-4-3-11-21-16/h1-12,21H,13H2,(H,23,24)/b22-12+. The molecule has 0 bridgehead atoms. The minimum absolute atomic E-state index is 0.242. The van der Waals surface area contributed by atoms with E-state index in [1.165, 1.54) is 12.1 Å². The van der Waals surface area contributed by atoms with E-state index in [1.54, 1.807) is 18.3 Å². The highest BCUT2D eigenvalue weighted by atomic mass is 19.1. The highest BCUT2D eigenvalue weighted by Gasteiger charge is 2.10. The number of nitrogens with one attached hydrogen (secondary N) is 2. The number of nitrogens with zero attached hydrogens (tertiary/aromatic N) is 3. The number of halogens is 1. The molecule has 0 spiro atoms. The first-order valence-corrected chi connectivity index (χ1v) is 7.92. The van der Waals surface area contributed by atoms with Gasteiger partial charge in [0.25, 0.3) is 0 Å². The number of para-hydroxylation sites is 2. The first-order chi connectivity index (χ1) is 12.3. The number of benzene rings is 2. The largest absolute Gasteiger partial charge is 0.360 e. The molecule has 4 aromatic rings. The summed E-state index contributed by atoms with van der Waals surface area (Å²) in [5.74, 6) is 0.390. The van der Waals surface area contributed by atoms with Crippen LogP contribution in [0.4, 0.5) is 10.3 Å². The average molecular weight is 333 g/mol. The lowest BCUT2D eigenvalue weighted by Crippen LogP contribution is -2.05. The van der Waals surface area contributed by atoms with Crippen molar-refractivity contribution in [2.75, 3.05) is 5.43 Å². The Balaban J connectivity index is 1.66. The Morgan fingerprint density at radius 2 is 1.92 bits per heavy atom. The van der Waals surface area contributed by atoms with E-state index >= 15 is 0 Å². The Labute approximate surface area is 143 Å². The van der Waals surface area contributed by atoms with Crippen molar-refractivity contribution >= 4 is 23.2 Å². The fourth-order valence-electron chi connectivity index (χ4n) is 2.68. The maximum absolute atomic E-state index is 13.1. The quantitative estimate of drug-likeness (QED) is 0.428. The van der Waals surface area contributed by atoms with Gasteiger partial charge in [-0.3, -0.25) is 0 Å². The second-order valence-corrected chi connectivity index (χ2v) is 5.63. The lowest BCUT2D eigenvalue weighted by atomic mass is 10.2. The van der Waals surface area contributed by atoms with Crippen molar-refractivity contribution in [1.82, 2.24) is 14.5 Å². The monoisotopic (exact) mass is 333 g/mol. The number of hydrogen-bond donors (Lipinski definition) is 2. The Morgan fingerprint density at radius 3 is 2.72 bits per heavy atom. The molecule has 5 nitrogen and oxygen atoms in total. The molecular formula is C19H16FN5. The van der Waals surface area contributed by atoms with E-state index in [-0.39, 0.29) is 5.82 Å². The molecule has 6 heteroatoms. The maximum atomic E-state index is 13.1. The van der Waals surface area contributed by atoms with Crippen LogP contribution < -0.4 is 5.43 Å². The third-order valence-electron chi connectivity index (χ3n) is 3.90. The van der Waals surface area contributed by atoms with Crippen LogP contribution in [0, 0.1) is 5.82 Å². The van der Waals surface area contributed by atoms with Gasteiger partial charge in [-0.25, -0.2) is 14.8 Å². The summed E-state index contributed by atoms with van der Waals surface area (Å²) in [6, 6.07) is 18.2. The molecule has 0 saturated heterocycles. The summed E-state index contributed by atoms with van der Waals surface area (Å²) in [5, 5.41) is 4.25. The first-order valence-electron chi connectivity index (χ1n) is 7.92. The van der Waals surface area contributed by atoms with E-state index in [0.717, 1.165) is 22.3 Å². The zero-order chi connectivity index (χ0) is 17.1. The minimum Gasteiger partial charge on any atom is -0.360 e. The molecule has 0 saturated carbocycles. The molecule has 0 aliphatic carbocycles. The lowest BCUT2D eigenvalue weighted by Gasteiger charge is -2.08. The van der Waals surface area contributed by atoms with Gasteiger partial charge in [0.15, 0.2) is 0 Å². The van der Waals surface area contributed by atoms with Crippen molar-refractivity contribution in [2.24, 2.45) is 5.10 Å². The minimum atomic E-state index is -0.242. The van der Waals surface area contributed by atoms with Gasteiger partial charge < -0.3 is 9.55 Å². The van der Waals surface area contributed by atoms with Gasteiger partial charge in [-0.05, 0) is 42.0 Å². The molecule has 0 atom stereocenters. The number of aromatic nitrogens is 3. The van der Waals surface area contributed by atoms with Crippen molar-refractivity contribution < 1.29 is 4.39 Å². The maximum Gasteiger partial charge on any atom is 0.225 e. The van der Waals surface area contributed by atoms with Crippen molar-refractivity contribution in [2.45, 2.75) is 6.54 Å². The summed E-state index contributed by atoms with van der Waals surface area (Å²) in [6.07, 6.45) is 3.53. The summed E-state index contributed by atoms with van der Waals surface area (Å²) >= 11 is 0. The molecule has 2 aromatic heterocycles. The van der Waals surface area contributed by atoms with E-state index in [4.69, 9.17) is 0 Å². The van der Waals surface area contributed by atoms with Crippen LogP contribution in [0.15, 0.2) is 72.0 Å². The molecule has 0 amide bonds. The number of fused-ring (bicyclic) bond motifs is 1.